The van der Waals surface area contributed by atoms with Gasteiger partial charge in [0.25, 0.3) is 0 Å². The van der Waals surface area contributed by atoms with Crippen LogP contribution in [0.2, 0.25) is 0 Å². The van der Waals surface area contributed by atoms with Crippen LogP contribution in [-0.2, 0) is 9.32 Å². The van der Waals surface area contributed by atoms with Crippen LogP contribution in [0.3, 0.4) is 0 Å². The van der Waals surface area contributed by atoms with Gasteiger partial charge in [-0.1, -0.05) is 39.0 Å². The van der Waals surface area contributed by atoms with Gasteiger partial charge in [-0.05, 0) is 6.42 Å². The summed E-state index contributed by atoms with van der Waals surface area (Å²) < 4.78 is 4.66. The molecule has 0 unspecified atom stereocenters. The smallest absolute Gasteiger partial charge is 0.0654 e. The number of carbonyl (C=O) groups is 1. The molecule has 0 rings (SSSR count). The minimum Gasteiger partial charge on any atom is -0.0654 e. The Bertz CT molecular complexity index is 318. The van der Waals surface area contributed by atoms with E-state index in [-0.39, 0.29) is 14.2 Å². The van der Waals surface area contributed by atoms with Crippen LogP contribution in [-0.4, -0.2) is 5.97 Å². The van der Waals surface area contributed by atoms with E-state index in [1.165, 1.54) is 70.6 Å². The first-order valence-electron chi connectivity index (χ1n) is 9.06. The molecule has 0 heterocycles. The van der Waals surface area contributed by atoms with Gasteiger partial charge in [0, 0.05) is 0 Å². The van der Waals surface area contributed by atoms with Crippen molar-refractivity contribution in [3.05, 3.63) is 12.2 Å². The maximum absolute atomic E-state index is 11.1. The molecule has 0 bridgehead atoms. The first-order valence-corrected chi connectivity index (χ1v) is 9.94. The number of allylic oxidation sites excluding steroid dienone is 2. The van der Waals surface area contributed by atoms with Crippen molar-refractivity contribution in [2.45, 2.75) is 96.8 Å². The van der Waals surface area contributed by atoms with Gasteiger partial charge in [-0.15, -0.1) is 0 Å². The van der Waals surface area contributed by atoms with E-state index in [1.54, 1.807) is 0 Å². The number of rotatable bonds is 15. The van der Waals surface area contributed by atoms with Crippen LogP contribution in [0.25, 0.3) is 0 Å². The standard InChI is InChI=1S/C19H34O2P/c1-3-4-5-6-7-8-9-10-11-12-13-14-15-16-17-18-19(20)21-22-2/h2,10-11H,3-9,12-18H2,1H3/q+1/b11-10-. The van der Waals surface area contributed by atoms with Crippen LogP contribution in [0.4, 0.5) is 0 Å². The quantitative estimate of drug-likeness (QED) is 0.184. The van der Waals surface area contributed by atoms with E-state index in [2.05, 4.69) is 23.6 Å². The molecule has 0 saturated carbocycles. The zero-order valence-corrected chi connectivity index (χ0v) is 15.3. The average molecular weight is 325 g/mol. The van der Waals surface area contributed by atoms with Gasteiger partial charge in [0.2, 0.25) is 0 Å². The van der Waals surface area contributed by atoms with Crippen molar-refractivity contribution in [1.29, 1.82) is 0 Å². The van der Waals surface area contributed by atoms with Gasteiger partial charge >= 0.3 is 93.2 Å². The Labute approximate surface area is 139 Å². The van der Waals surface area contributed by atoms with E-state index < -0.39 is 0 Å². The van der Waals surface area contributed by atoms with Gasteiger partial charge < -0.3 is 0 Å². The third-order valence-electron chi connectivity index (χ3n) is 3.80. The molecule has 0 atom stereocenters. The minimum atomic E-state index is -0.179. The topological polar surface area (TPSA) is 26.3 Å². The second-order valence-electron chi connectivity index (χ2n) is 5.90. The number of carbonyl (C=O) groups excluding carboxylic acids is 1. The van der Waals surface area contributed by atoms with Gasteiger partial charge in [0.15, 0.2) is 0 Å². The number of unbranched alkanes of at least 4 members (excludes halogenated alkanes) is 11. The summed E-state index contributed by atoms with van der Waals surface area (Å²) in [7, 11) is 0.216. The Morgan fingerprint density at radius 2 is 1.36 bits per heavy atom. The van der Waals surface area contributed by atoms with E-state index in [0.717, 1.165) is 12.8 Å². The number of hydrogen-bond donors (Lipinski definition) is 0. The Hall–Kier alpha value is -0.580. The molecule has 2 nitrogen and oxygen atoms in total. The fraction of sp³-hybridized carbons (Fsp3) is 0.789. The molecule has 0 aromatic rings. The molecule has 0 saturated heterocycles. The van der Waals surface area contributed by atoms with Crippen molar-refractivity contribution in [2.75, 3.05) is 0 Å². The summed E-state index contributed by atoms with van der Waals surface area (Å²) in [5.74, 6) is -0.179. The molecule has 22 heavy (non-hydrogen) atoms. The Morgan fingerprint density at radius 3 is 1.91 bits per heavy atom. The Kier molecular flexibility index (Phi) is 18.0. The van der Waals surface area contributed by atoms with Gasteiger partial charge in [0.1, 0.15) is 0 Å². The fourth-order valence-corrected chi connectivity index (χ4v) is 2.65. The molecule has 0 spiro atoms. The Morgan fingerprint density at radius 1 is 0.864 bits per heavy atom. The van der Waals surface area contributed by atoms with Crippen molar-refractivity contribution in [1.82, 2.24) is 0 Å². The van der Waals surface area contributed by atoms with Crippen molar-refractivity contribution in [3.63, 3.8) is 0 Å². The summed E-state index contributed by atoms with van der Waals surface area (Å²) in [5.41, 5.74) is 0. The summed E-state index contributed by atoms with van der Waals surface area (Å²) in [4.78, 5) is 11.1. The molecule has 0 radical (unpaired) electrons. The van der Waals surface area contributed by atoms with Gasteiger partial charge in [-0.2, -0.15) is 0 Å². The van der Waals surface area contributed by atoms with Crippen LogP contribution in [0, 0.1) is 6.13 Å². The van der Waals surface area contributed by atoms with Crippen LogP contribution in [0.15, 0.2) is 12.2 Å². The normalized spacial score (nSPS) is 10.9. The van der Waals surface area contributed by atoms with Crippen LogP contribution in [0.1, 0.15) is 96.8 Å². The monoisotopic (exact) mass is 325 g/mol. The average Bonchev–Trinajstić information content (AvgIpc) is 2.51. The predicted molar refractivity (Wildman–Crippen MR) is 97.4 cm³/mol. The van der Waals surface area contributed by atoms with Gasteiger partial charge in [-0.25, -0.2) is 0 Å². The molecule has 0 aliphatic rings. The molecule has 0 fully saturated rings. The van der Waals surface area contributed by atoms with E-state index in [1.807, 2.05) is 0 Å². The zero-order valence-electron chi connectivity index (χ0n) is 14.4. The summed E-state index contributed by atoms with van der Waals surface area (Å²) in [6, 6.07) is 0. The molecule has 0 N–H and O–H groups in total. The fourth-order valence-electron chi connectivity index (χ4n) is 2.44. The molecule has 126 valence electrons. The van der Waals surface area contributed by atoms with Crippen LogP contribution in [0.5, 0.6) is 0 Å². The molecular weight excluding hydrogens is 291 g/mol. The maximum atomic E-state index is 11.1. The summed E-state index contributed by atoms with van der Waals surface area (Å²) >= 11 is 0. The minimum absolute atomic E-state index is 0.179. The third-order valence-corrected chi connectivity index (χ3v) is 4.11. The molecule has 0 aliphatic heterocycles. The Balaban J connectivity index is 3.14. The molecule has 3 heteroatoms. The van der Waals surface area contributed by atoms with E-state index in [4.69, 9.17) is 6.13 Å². The van der Waals surface area contributed by atoms with Crippen molar-refractivity contribution in [3.8, 4) is 6.13 Å². The first kappa shape index (κ1) is 21.4. The molecular formula is C19H34O2P+. The zero-order chi connectivity index (χ0) is 16.3. The second-order valence-corrected chi connectivity index (χ2v) is 6.30. The SMILES string of the molecule is C#[P+]OC(=O)CCCCCCC/C=C\CCCCCCCC. The van der Waals surface area contributed by atoms with E-state index in [9.17, 15) is 4.79 Å². The van der Waals surface area contributed by atoms with Crippen molar-refractivity contribution in [2.24, 2.45) is 0 Å². The molecule has 0 amide bonds. The first-order chi connectivity index (χ1) is 10.8. The second kappa shape index (κ2) is 18.5. The van der Waals surface area contributed by atoms with E-state index >= 15 is 0 Å². The van der Waals surface area contributed by atoms with Crippen LogP contribution < -0.4 is 0 Å². The summed E-state index contributed by atoms with van der Waals surface area (Å²) in [5, 5.41) is 0. The third kappa shape index (κ3) is 17.5. The molecule has 0 aromatic carbocycles. The van der Waals surface area contributed by atoms with Gasteiger partial charge in [-0.3, -0.25) is 0 Å². The summed E-state index contributed by atoms with van der Waals surface area (Å²) in [6.45, 7) is 2.26. The van der Waals surface area contributed by atoms with Crippen LogP contribution >= 0.6 is 8.26 Å². The van der Waals surface area contributed by atoms with Crippen molar-refractivity contribution < 1.29 is 9.32 Å². The van der Waals surface area contributed by atoms with E-state index in [0.29, 0.717) is 6.42 Å². The number of hydrogen-bond acceptors (Lipinski definition) is 2. The molecule has 0 aromatic heterocycles. The summed E-state index contributed by atoms with van der Waals surface area (Å²) in [6.07, 6.45) is 26.8. The predicted octanol–water partition coefficient (Wildman–Crippen LogP) is 7.02. The van der Waals surface area contributed by atoms with Crippen molar-refractivity contribution >= 4 is 14.2 Å². The van der Waals surface area contributed by atoms with Gasteiger partial charge in [0.05, 0.1) is 0 Å². The molecule has 0 aliphatic carbocycles.